The molecule has 0 aromatic heterocycles. The maximum atomic E-state index is 11.3. The van der Waals surface area contributed by atoms with Gasteiger partial charge in [-0.3, -0.25) is 9.12 Å². The quantitative estimate of drug-likeness (QED) is 0.355. The largest absolute Gasteiger partial charge is 0.457 e. The van der Waals surface area contributed by atoms with Crippen LogP contribution in [0.15, 0.2) is 66.7 Å². The molecule has 154 valence electrons. The van der Waals surface area contributed by atoms with Crippen molar-refractivity contribution >= 4 is 28.5 Å². The Labute approximate surface area is 168 Å². The molecule has 3 aromatic rings. The minimum atomic E-state index is -4.96. The first-order valence-corrected chi connectivity index (χ1v) is 12.1. The van der Waals surface area contributed by atoms with E-state index in [1.165, 1.54) is 0 Å². The topological polar surface area (TPSA) is 121 Å². The van der Waals surface area contributed by atoms with E-state index in [0.29, 0.717) is 17.9 Å². The van der Waals surface area contributed by atoms with Crippen LogP contribution in [0.3, 0.4) is 0 Å². The molecule has 1 atom stereocenters. The van der Waals surface area contributed by atoms with E-state index in [4.69, 9.17) is 19.1 Å². The van der Waals surface area contributed by atoms with Crippen LogP contribution in [0.25, 0.3) is 10.8 Å². The van der Waals surface area contributed by atoms with Gasteiger partial charge in [-0.2, -0.15) is 8.42 Å². The van der Waals surface area contributed by atoms with Gasteiger partial charge in [-0.05, 0) is 48.4 Å². The lowest BCUT2D eigenvalue weighted by Gasteiger charge is -2.15. The third-order valence-corrected chi connectivity index (χ3v) is 8.07. The molecule has 9 heteroatoms. The van der Waals surface area contributed by atoms with E-state index in [0.717, 1.165) is 16.3 Å². The summed E-state index contributed by atoms with van der Waals surface area (Å²) in [6.07, 6.45) is 0.198. The van der Waals surface area contributed by atoms with Gasteiger partial charge < -0.3 is 14.5 Å². The molecule has 0 radical (unpaired) electrons. The predicted octanol–water partition coefficient (Wildman–Crippen LogP) is 4.35. The summed E-state index contributed by atoms with van der Waals surface area (Å²) in [4.78, 5) is 16.2. The predicted molar refractivity (Wildman–Crippen MR) is 111 cm³/mol. The summed E-state index contributed by atoms with van der Waals surface area (Å²) in [5.41, 5.74) is 0.822. The maximum absolute atomic E-state index is 11.3. The van der Waals surface area contributed by atoms with E-state index in [-0.39, 0.29) is 12.8 Å². The van der Waals surface area contributed by atoms with Crippen LogP contribution < -0.4 is 4.74 Å². The first-order valence-electron chi connectivity index (χ1n) is 8.91. The summed E-state index contributed by atoms with van der Waals surface area (Å²) in [6, 6.07) is 20.8. The van der Waals surface area contributed by atoms with Crippen molar-refractivity contribution in [1.29, 1.82) is 0 Å². The highest BCUT2D eigenvalue weighted by Gasteiger charge is 2.38. The highest BCUT2D eigenvalue weighted by atomic mass is 32.2. The molecule has 0 heterocycles. The molecule has 3 N–H and O–H groups in total. The number of ether oxygens (including phenoxy) is 1. The Morgan fingerprint density at radius 3 is 2.38 bits per heavy atom. The second kappa shape index (κ2) is 8.65. The van der Waals surface area contributed by atoms with Crippen molar-refractivity contribution in [3.63, 3.8) is 0 Å². The average Bonchev–Trinajstić information content (AvgIpc) is 2.64. The molecule has 3 rings (SSSR count). The maximum Gasteiger partial charge on any atom is 0.346 e. The van der Waals surface area contributed by atoms with E-state index in [9.17, 15) is 13.0 Å². The smallest absolute Gasteiger partial charge is 0.346 e. The molecule has 0 amide bonds. The van der Waals surface area contributed by atoms with Crippen molar-refractivity contribution in [2.45, 2.75) is 24.3 Å². The zero-order valence-electron chi connectivity index (χ0n) is 15.4. The third kappa shape index (κ3) is 5.65. The standard InChI is InChI=1S/C20H21O7PS/c21-28(22,23)20(29(24,25)26)13-4-7-15-6-3-10-17(14-15)27-19-12-5-9-16-8-1-2-11-18(16)19/h1-3,5-6,8-12,14,20H,4,7,13H2,(H2,21,22,23)(H,24,25,26). The molecule has 29 heavy (non-hydrogen) atoms. The molecule has 0 spiro atoms. The minimum Gasteiger partial charge on any atom is -0.457 e. The Balaban J connectivity index is 1.71. The fourth-order valence-electron chi connectivity index (χ4n) is 3.15. The Hall–Kier alpha value is -2.22. The monoisotopic (exact) mass is 436 g/mol. The van der Waals surface area contributed by atoms with Crippen molar-refractivity contribution in [3.8, 4) is 11.5 Å². The molecule has 0 aliphatic heterocycles. The van der Waals surface area contributed by atoms with Gasteiger partial charge in [0.25, 0.3) is 10.1 Å². The first-order chi connectivity index (χ1) is 13.6. The van der Waals surface area contributed by atoms with E-state index in [2.05, 4.69) is 0 Å². The number of rotatable bonds is 8. The van der Waals surface area contributed by atoms with E-state index >= 15 is 0 Å². The Bertz CT molecular complexity index is 1150. The van der Waals surface area contributed by atoms with Crippen LogP contribution in [-0.4, -0.2) is 27.7 Å². The molecule has 3 aromatic carbocycles. The van der Waals surface area contributed by atoms with Crippen molar-refractivity contribution < 1.29 is 32.1 Å². The fourth-order valence-corrected chi connectivity index (χ4v) is 5.52. The van der Waals surface area contributed by atoms with Crippen LogP contribution in [0.4, 0.5) is 0 Å². The van der Waals surface area contributed by atoms with E-state index in [1.807, 2.05) is 48.5 Å². The highest BCUT2D eigenvalue weighted by Crippen LogP contribution is 2.46. The summed E-state index contributed by atoms with van der Waals surface area (Å²) in [7, 11) is -9.79. The van der Waals surface area contributed by atoms with Crippen LogP contribution in [0.5, 0.6) is 11.5 Å². The summed E-state index contributed by atoms with van der Waals surface area (Å²) in [5, 5.41) is 2.02. The molecule has 7 nitrogen and oxygen atoms in total. The van der Waals surface area contributed by atoms with Crippen molar-refractivity contribution in [3.05, 3.63) is 72.3 Å². The minimum absolute atomic E-state index is 0.174. The van der Waals surface area contributed by atoms with E-state index < -0.39 is 22.7 Å². The lowest BCUT2D eigenvalue weighted by molar-refractivity contribution is 0.360. The van der Waals surface area contributed by atoms with Gasteiger partial charge in [-0.1, -0.05) is 48.5 Å². The van der Waals surface area contributed by atoms with Crippen LogP contribution in [-0.2, 0) is 21.1 Å². The van der Waals surface area contributed by atoms with E-state index in [1.54, 1.807) is 18.2 Å². The molecule has 1 unspecified atom stereocenters. The molecule has 0 saturated heterocycles. The fraction of sp³-hybridized carbons (Fsp3) is 0.200. The van der Waals surface area contributed by atoms with Gasteiger partial charge in [0.2, 0.25) is 0 Å². The third-order valence-electron chi connectivity index (χ3n) is 4.51. The molecule has 0 fully saturated rings. The molecular formula is C20H21O7PS. The van der Waals surface area contributed by atoms with Crippen LogP contribution in [0, 0.1) is 0 Å². The number of fused-ring (bicyclic) bond motifs is 1. The first kappa shape index (κ1) is 21.5. The van der Waals surface area contributed by atoms with Gasteiger partial charge >= 0.3 is 7.60 Å². The molecule has 0 aliphatic rings. The van der Waals surface area contributed by atoms with Crippen LogP contribution >= 0.6 is 7.60 Å². The van der Waals surface area contributed by atoms with Crippen LogP contribution in [0.2, 0.25) is 0 Å². The van der Waals surface area contributed by atoms with Crippen molar-refractivity contribution in [2.75, 3.05) is 0 Å². The molecule has 0 saturated carbocycles. The van der Waals surface area contributed by atoms with Crippen molar-refractivity contribution in [1.82, 2.24) is 0 Å². The summed E-state index contributed by atoms with van der Waals surface area (Å²) >= 11 is 0. The zero-order chi connectivity index (χ0) is 21.1. The summed E-state index contributed by atoms with van der Waals surface area (Å²) in [6.45, 7) is 0. The number of hydrogen-bond acceptors (Lipinski definition) is 4. The SMILES string of the molecule is O=P(O)(O)C(CCCc1cccc(Oc2cccc3ccccc23)c1)S(=O)(=O)O. The van der Waals surface area contributed by atoms with Gasteiger partial charge in [0.1, 0.15) is 11.5 Å². The van der Waals surface area contributed by atoms with Gasteiger partial charge in [-0.25, -0.2) is 0 Å². The van der Waals surface area contributed by atoms with Gasteiger partial charge in [0, 0.05) is 5.39 Å². The second-order valence-corrected chi connectivity index (χ2v) is 10.4. The van der Waals surface area contributed by atoms with Crippen LogP contribution in [0.1, 0.15) is 18.4 Å². The zero-order valence-corrected chi connectivity index (χ0v) is 17.1. The highest BCUT2D eigenvalue weighted by molar-refractivity contribution is 7.93. The van der Waals surface area contributed by atoms with Crippen molar-refractivity contribution in [2.24, 2.45) is 0 Å². The summed E-state index contributed by atoms with van der Waals surface area (Å²) in [5.74, 6) is 1.30. The van der Waals surface area contributed by atoms with Gasteiger partial charge in [0.05, 0.1) is 0 Å². The number of aryl methyl sites for hydroxylation is 1. The number of benzene rings is 3. The number of hydrogen-bond donors (Lipinski definition) is 3. The lowest BCUT2D eigenvalue weighted by atomic mass is 10.1. The van der Waals surface area contributed by atoms with Gasteiger partial charge in [-0.15, -0.1) is 0 Å². The molecule has 0 bridgehead atoms. The Kier molecular flexibility index (Phi) is 6.41. The molecular weight excluding hydrogens is 415 g/mol. The van der Waals surface area contributed by atoms with Gasteiger partial charge in [0.15, 0.2) is 4.99 Å². The average molecular weight is 436 g/mol. The Morgan fingerprint density at radius 1 is 0.966 bits per heavy atom. The Morgan fingerprint density at radius 2 is 1.66 bits per heavy atom. The normalized spacial score (nSPS) is 13.3. The summed E-state index contributed by atoms with van der Waals surface area (Å²) < 4.78 is 48.8. The molecule has 0 aliphatic carbocycles. The lowest BCUT2D eigenvalue weighted by Crippen LogP contribution is -2.20. The second-order valence-electron chi connectivity index (χ2n) is 6.68.